The highest BCUT2D eigenvalue weighted by molar-refractivity contribution is 5.29. The van der Waals surface area contributed by atoms with Crippen molar-refractivity contribution < 1.29 is 9.84 Å². The average Bonchev–Trinajstić information content (AvgIpc) is 2.02. The summed E-state index contributed by atoms with van der Waals surface area (Å²) >= 11 is 0. The first-order valence-electron chi connectivity index (χ1n) is 3.78. The number of hydrogen-bond donors (Lipinski definition) is 1. The minimum Gasteiger partial charge on any atom is -0.478 e. The van der Waals surface area contributed by atoms with Crippen LogP contribution in [-0.2, 0) is 4.74 Å². The quantitative estimate of drug-likeness (QED) is 0.283. The summed E-state index contributed by atoms with van der Waals surface area (Å²) in [5.41, 5.74) is 0.862. The predicted molar refractivity (Wildman–Crippen MR) is 50.1 cm³/mol. The molecule has 0 atom stereocenters. The summed E-state index contributed by atoms with van der Waals surface area (Å²) in [5.74, 6) is 0.455. The highest BCUT2D eigenvalue weighted by Crippen LogP contribution is 2.03. The Morgan fingerprint density at radius 3 is 2.75 bits per heavy atom. The van der Waals surface area contributed by atoms with Crippen molar-refractivity contribution in [1.82, 2.24) is 0 Å². The van der Waals surface area contributed by atoms with Gasteiger partial charge in [-0.15, -0.1) is 0 Å². The summed E-state index contributed by atoms with van der Waals surface area (Å²) in [6.45, 7) is 9.45. The summed E-state index contributed by atoms with van der Waals surface area (Å²) in [6.07, 6.45) is 2.30. The number of aliphatic imine (C=N–C) groups is 1. The molecule has 0 amide bonds. The molecule has 0 aromatic carbocycles. The van der Waals surface area contributed by atoms with E-state index in [2.05, 4.69) is 18.3 Å². The fraction of sp³-hybridized carbons (Fsp3) is 0.444. The molecule has 0 unspecified atom stereocenters. The van der Waals surface area contributed by atoms with E-state index >= 15 is 0 Å². The summed E-state index contributed by atoms with van der Waals surface area (Å²) in [7, 11) is 0. The fourth-order valence-corrected chi connectivity index (χ4v) is 0.585. The lowest BCUT2D eigenvalue weighted by molar-refractivity contribution is 0.175. The summed E-state index contributed by atoms with van der Waals surface area (Å²) in [4.78, 5) is 3.65. The van der Waals surface area contributed by atoms with E-state index in [1.165, 1.54) is 0 Å². The Morgan fingerprint density at radius 2 is 2.33 bits per heavy atom. The van der Waals surface area contributed by atoms with Crippen LogP contribution in [0.2, 0.25) is 0 Å². The number of allylic oxidation sites excluding steroid dienone is 2. The van der Waals surface area contributed by atoms with E-state index in [0.29, 0.717) is 18.9 Å². The van der Waals surface area contributed by atoms with Crippen LogP contribution in [0.25, 0.3) is 0 Å². The molecule has 0 aliphatic rings. The first-order valence-corrected chi connectivity index (χ1v) is 3.78. The largest absolute Gasteiger partial charge is 0.478 e. The maximum absolute atomic E-state index is 8.47. The molecule has 0 heterocycles. The SMILES string of the molecule is C=N/C(=C\C(=C)C)OCCCO. The summed E-state index contributed by atoms with van der Waals surface area (Å²) in [6, 6.07) is 0. The first kappa shape index (κ1) is 10.9. The van der Waals surface area contributed by atoms with Crippen molar-refractivity contribution in [3.8, 4) is 0 Å². The molecule has 3 nitrogen and oxygen atoms in total. The molecule has 0 saturated heterocycles. The maximum Gasteiger partial charge on any atom is 0.212 e. The number of ether oxygens (including phenoxy) is 1. The number of rotatable bonds is 6. The van der Waals surface area contributed by atoms with Crippen LogP contribution >= 0.6 is 0 Å². The predicted octanol–water partition coefficient (Wildman–Crippen LogP) is 1.50. The molecule has 1 N–H and O–H groups in total. The van der Waals surface area contributed by atoms with E-state index in [0.717, 1.165) is 5.57 Å². The van der Waals surface area contributed by atoms with E-state index in [4.69, 9.17) is 9.84 Å². The Hall–Kier alpha value is -1.09. The molecular weight excluding hydrogens is 154 g/mol. The van der Waals surface area contributed by atoms with Gasteiger partial charge < -0.3 is 9.84 Å². The van der Waals surface area contributed by atoms with Gasteiger partial charge in [0.25, 0.3) is 0 Å². The maximum atomic E-state index is 8.47. The lowest BCUT2D eigenvalue weighted by Crippen LogP contribution is -1.96. The highest BCUT2D eigenvalue weighted by atomic mass is 16.5. The number of aliphatic hydroxyl groups is 1. The van der Waals surface area contributed by atoms with Gasteiger partial charge in [-0.3, -0.25) is 0 Å². The standard InChI is InChI=1S/C9H15NO2/c1-8(2)7-9(10-3)12-6-4-5-11/h7,11H,1,3-6H2,2H3/b9-7+. The molecule has 0 bridgehead atoms. The molecule has 12 heavy (non-hydrogen) atoms. The lowest BCUT2D eigenvalue weighted by Gasteiger charge is -2.03. The van der Waals surface area contributed by atoms with Crippen molar-refractivity contribution in [3.63, 3.8) is 0 Å². The normalized spacial score (nSPS) is 11.0. The summed E-state index contributed by atoms with van der Waals surface area (Å²) in [5, 5.41) is 8.47. The zero-order chi connectivity index (χ0) is 9.40. The second-order valence-corrected chi connectivity index (χ2v) is 2.41. The molecule has 0 aliphatic heterocycles. The van der Waals surface area contributed by atoms with E-state index in [1.807, 2.05) is 6.92 Å². The monoisotopic (exact) mass is 169 g/mol. The molecule has 0 aromatic heterocycles. The Kier molecular flexibility index (Phi) is 6.01. The molecular formula is C9H15NO2. The fourth-order valence-electron chi connectivity index (χ4n) is 0.585. The minimum atomic E-state index is 0.123. The smallest absolute Gasteiger partial charge is 0.212 e. The molecule has 68 valence electrons. The van der Waals surface area contributed by atoms with Gasteiger partial charge in [-0.05, 0) is 13.6 Å². The number of aliphatic hydroxyl groups excluding tert-OH is 1. The van der Waals surface area contributed by atoms with Gasteiger partial charge >= 0.3 is 0 Å². The van der Waals surface area contributed by atoms with Gasteiger partial charge in [0.05, 0.1) is 6.61 Å². The van der Waals surface area contributed by atoms with Crippen molar-refractivity contribution in [1.29, 1.82) is 0 Å². The molecule has 0 radical (unpaired) electrons. The van der Waals surface area contributed by atoms with Crippen molar-refractivity contribution in [2.24, 2.45) is 4.99 Å². The van der Waals surface area contributed by atoms with E-state index in [9.17, 15) is 0 Å². The van der Waals surface area contributed by atoms with Crippen LogP contribution in [0.1, 0.15) is 13.3 Å². The van der Waals surface area contributed by atoms with Crippen molar-refractivity contribution >= 4 is 6.72 Å². The van der Waals surface area contributed by atoms with Gasteiger partial charge in [0.2, 0.25) is 5.88 Å². The van der Waals surface area contributed by atoms with Crippen LogP contribution in [0.3, 0.4) is 0 Å². The highest BCUT2D eigenvalue weighted by Gasteiger charge is 1.92. The van der Waals surface area contributed by atoms with Crippen molar-refractivity contribution in [2.75, 3.05) is 13.2 Å². The van der Waals surface area contributed by atoms with Gasteiger partial charge in [-0.25, -0.2) is 4.99 Å². The Balaban J connectivity index is 3.83. The third-order valence-electron chi connectivity index (χ3n) is 1.08. The third kappa shape index (κ3) is 5.68. The molecule has 3 heteroatoms. The van der Waals surface area contributed by atoms with Gasteiger partial charge in [0.1, 0.15) is 0 Å². The first-order chi connectivity index (χ1) is 5.70. The zero-order valence-corrected chi connectivity index (χ0v) is 7.42. The third-order valence-corrected chi connectivity index (χ3v) is 1.08. The van der Waals surface area contributed by atoms with E-state index in [1.54, 1.807) is 6.08 Å². The molecule has 0 aliphatic carbocycles. The van der Waals surface area contributed by atoms with Crippen LogP contribution in [-0.4, -0.2) is 25.0 Å². The van der Waals surface area contributed by atoms with Crippen LogP contribution in [0.15, 0.2) is 29.1 Å². The lowest BCUT2D eigenvalue weighted by atomic mass is 10.3. The summed E-state index contributed by atoms with van der Waals surface area (Å²) < 4.78 is 5.15. The average molecular weight is 169 g/mol. The van der Waals surface area contributed by atoms with Crippen LogP contribution in [0.5, 0.6) is 0 Å². The van der Waals surface area contributed by atoms with E-state index < -0.39 is 0 Å². The van der Waals surface area contributed by atoms with Crippen LogP contribution in [0, 0.1) is 0 Å². The number of nitrogens with zero attached hydrogens (tertiary/aromatic N) is 1. The van der Waals surface area contributed by atoms with Crippen LogP contribution < -0.4 is 0 Å². The molecule has 0 aromatic rings. The van der Waals surface area contributed by atoms with Gasteiger partial charge in [0.15, 0.2) is 0 Å². The minimum absolute atomic E-state index is 0.123. The topological polar surface area (TPSA) is 41.8 Å². The Morgan fingerprint density at radius 1 is 1.67 bits per heavy atom. The molecule has 0 fully saturated rings. The molecule has 0 spiro atoms. The zero-order valence-electron chi connectivity index (χ0n) is 7.42. The van der Waals surface area contributed by atoms with E-state index in [-0.39, 0.29) is 6.61 Å². The van der Waals surface area contributed by atoms with Crippen molar-refractivity contribution in [3.05, 3.63) is 24.1 Å². The Labute approximate surface area is 73.1 Å². The van der Waals surface area contributed by atoms with Crippen molar-refractivity contribution in [2.45, 2.75) is 13.3 Å². The van der Waals surface area contributed by atoms with Crippen LogP contribution in [0.4, 0.5) is 0 Å². The number of hydrogen-bond acceptors (Lipinski definition) is 3. The molecule has 0 rings (SSSR count). The van der Waals surface area contributed by atoms with Gasteiger partial charge in [-0.2, -0.15) is 0 Å². The van der Waals surface area contributed by atoms with Gasteiger partial charge in [-0.1, -0.05) is 12.2 Å². The van der Waals surface area contributed by atoms with Gasteiger partial charge in [0, 0.05) is 19.1 Å². The Bertz CT molecular complexity index is 185. The second-order valence-electron chi connectivity index (χ2n) is 2.41. The molecule has 0 saturated carbocycles. The second kappa shape index (κ2) is 6.61.